The van der Waals surface area contributed by atoms with E-state index >= 15 is 0 Å². The van der Waals surface area contributed by atoms with Crippen molar-refractivity contribution in [1.82, 2.24) is 0 Å². The summed E-state index contributed by atoms with van der Waals surface area (Å²) in [5.41, 5.74) is 7.07. The van der Waals surface area contributed by atoms with Crippen LogP contribution in [0.4, 0.5) is 4.39 Å². The molecule has 4 rings (SSSR count). The van der Waals surface area contributed by atoms with Gasteiger partial charge in [-0.25, -0.2) is 4.39 Å². The number of benzene rings is 2. The zero-order chi connectivity index (χ0) is 19.7. The molecule has 2 aliphatic rings. The fourth-order valence-electron chi connectivity index (χ4n) is 3.58. The Labute approximate surface area is 161 Å². The molecule has 2 aromatic rings. The fourth-order valence-corrected chi connectivity index (χ4v) is 3.58. The number of ketones is 1. The Balaban J connectivity index is 1.80. The number of ether oxygens (including phenoxy) is 2. The third-order valence-corrected chi connectivity index (χ3v) is 4.86. The molecule has 5 nitrogen and oxygen atoms in total. The van der Waals surface area contributed by atoms with Gasteiger partial charge >= 0.3 is 0 Å². The lowest BCUT2D eigenvalue weighted by Gasteiger charge is -2.31. The van der Waals surface area contributed by atoms with Crippen LogP contribution in [0.25, 0.3) is 0 Å². The van der Waals surface area contributed by atoms with E-state index < -0.39 is 11.7 Å². The summed E-state index contributed by atoms with van der Waals surface area (Å²) in [6.45, 7) is 0. The van der Waals surface area contributed by atoms with E-state index in [2.05, 4.69) is 0 Å². The molecule has 0 bridgehead atoms. The van der Waals surface area contributed by atoms with E-state index in [4.69, 9.17) is 15.2 Å². The van der Waals surface area contributed by atoms with Crippen LogP contribution in [0.3, 0.4) is 0 Å². The van der Waals surface area contributed by atoms with E-state index in [0.29, 0.717) is 41.9 Å². The summed E-state index contributed by atoms with van der Waals surface area (Å²) in [4.78, 5) is 12.6. The van der Waals surface area contributed by atoms with Crippen LogP contribution < -0.4 is 10.5 Å². The Hall–Kier alpha value is -3.59. The molecule has 1 heterocycles. The number of nitrogens with two attached hydrogens (primary N) is 1. The SMILES string of the molecule is N#CC1=C(N)OC2=C(C(=O)CCC2)C1c1ccc(F)c(Oc2ccccc2)c1. The van der Waals surface area contributed by atoms with Crippen molar-refractivity contribution < 1.29 is 18.7 Å². The predicted molar refractivity (Wildman–Crippen MR) is 99.5 cm³/mol. The van der Waals surface area contributed by atoms with E-state index in [1.807, 2.05) is 12.1 Å². The minimum absolute atomic E-state index is 0.0106. The average molecular weight is 376 g/mol. The van der Waals surface area contributed by atoms with Crippen LogP contribution in [0.15, 0.2) is 71.3 Å². The first-order chi connectivity index (χ1) is 13.6. The molecule has 0 amide bonds. The van der Waals surface area contributed by atoms with Gasteiger partial charge in [-0.2, -0.15) is 5.26 Å². The minimum atomic E-state index is -0.694. The van der Waals surface area contributed by atoms with Gasteiger partial charge < -0.3 is 15.2 Å². The highest BCUT2D eigenvalue weighted by Gasteiger charge is 2.38. The largest absolute Gasteiger partial charge is 0.454 e. The van der Waals surface area contributed by atoms with Gasteiger partial charge in [0.25, 0.3) is 0 Å². The summed E-state index contributed by atoms with van der Waals surface area (Å²) in [7, 11) is 0. The maximum absolute atomic E-state index is 14.4. The molecule has 0 fully saturated rings. The quantitative estimate of drug-likeness (QED) is 0.856. The molecule has 0 saturated heterocycles. The first-order valence-electron chi connectivity index (χ1n) is 8.94. The molecule has 1 aliphatic carbocycles. The molecule has 1 aliphatic heterocycles. The van der Waals surface area contributed by atoms with Gasteiger partial charge in [0.1, 0.15) is 23.2 Å². The van der Waals surface area contributed by atoms with Crippen molar-refractivity contribution in [3.63, 3.8) is 0 Å². The first-order valence-corrected chi connectivity index (χ1v) is 8.94. The van der Waals surface area contributed by atoms with E-state index in [1.54, 1.807) is 30.3 Å². The number of rotatable bonds is 3. The van der Waals surface area contributed by atoms with Gasteiger partial charge in [-0.15, -0.1) is 0 Å². The number of nitrogens with zero attached hydrogens (tertiary/aromatic N) is 1. The monoisotopic (exact) mass is 376 g/mol. The van der Waals surface area contributed by atoms with Gasteiger partial charge in [-0.1, -0.05) is 24.3 Å². The van der Waals surface area contributed by atoms with Crippen molar-refractivity contribution in [2.75, 3.05) is 0 Å². The molecule has 0 aromatic heterocycles. The van der Waals surface area contributed by atoms with Crippen molar-refractivity contribution in [3.05, 3.63) is 82.7 Å². The summed E-state index contributed by atoms with van der Waals surface area (Å²) in [6, 6.07) is 15.2. The molecular weight excluding hydrogens is 359 g/mol. The van der Waals surface area contributed by atoms with Crippen molar-refractivity contribution in [1.29, 1.82) is 5.26 Å². The van der Waals surface area contributed by atoms with Gasteiger partial charge in [0.15, 0.2) is 17.3 Å². The van der Waals surface area contributed by atoms with Gasteiger partial charge in [-0.3, -0.25) is 4.79 Å². The van der Waals surface area contributed by atoms with Gasteiger partial charge in [-0.05, 0) is 36.2 Å². The van der Waals surface area contributed by atoms with Gasteiger partial charge in [0.2, 0.25) is 5.88 Å². The number of allylic oxidation sites excluding steroid dienone is 3. The minimum Gasteiger partial charge on any atom is -0.454 e. The number of hydrogen-bond donors (Lipinski definition) is 1. The molecule has 0 spiro atoms. The van der Waals surface area contributed by atoms with Crippen LogP contribution in [0.2, 0.25) is 0 Å². The summed E-state index contributed by atoms with van der Waals surface area (Å²) in [5, 5.41) is 9.62. The van der Waals surface area contributed by atoms with Crippen LogP contribution in [-0.4, -0.2) is 5.78 Å². The van der Waals surface area contributed by atoms with Crippen molar-refractivity contribution >= 4 is 5.78 Å². The molecule has 6 heteroatoms. The first kappa shape index (κ1) is 17.8. The maximum Gasteiger partial charge on any atom is 0.205 e. The lowest BCUT2D eigenvalue weighted by Crippen LogP contribution is -2.27. The van der Waals surface area contributed by atoms with Crippen LogP contribution in [0.5, 0.6) is 11.5 Å². The summed E-state index contributed by atoms with van der Waals surface area (Å²) in [6.07, 6.45) is 1.63. The third-order valence-electron chi connectivity index (χ3n) is 4.86. The van der Waals surface area contributed by atoms with E-state index in [0.717, 1.165) is 0 Å². The number of carbonyl (C=O) groups excluding carboxylic acids is 1. The Bertz CT molecular complexity index is 1050. The van der Waals surface area contributed by atoms with Crippen LogP contribution >= 0.6 is 0 Å². The molecule has 1 atom stereocenters. The molecular formula is C22H17FN2O3. The topological polar surface area (TPSA) is 85.3 Å². The Morgan fingerprint density at radius 3 is 2.71 bits per heavy atom. The fraction of sp³-hybridized carbons (Fsp3) is 0.182. The molecule has 1 unspecified atom stereocenters. The molecule has 2 aromatic carbocycles. The Morgan fingerprint density at radius 1 is 1.18 bits per heavy atom. The molecule has 0 radical (unpaired) electrons. The third kappa shape index (κ3) is 3.12. The van der Waals surface area contributed by atoms with Crippen molar-refractivity contribution in [2.45, 2.75) is 25.2 Å². The smallest absolute Gasteiger partial charge is 0.205 e. The summed E-state index contributed by atoms with van der Waals surface area (Å²) < 4.78 is 25.6. The molecule has 0 saturated carbocycles. The average Bonchev–Trinajstić information content (AvgIpc) is 2.70. The van der Waals surface area contributed by atoms with Crippen LogP contribution in [0, 0.1) is 17.1 Å². The standard InChI is InChI=1S/C22H17FN2O3/c23-16-10-9-13(11-19(16)27-14-5-2-1-3-6-14)20-15(12-24)22(25)28-18-8-4-7-17(26)21(18)20/h1-3,5-6,9-11,20H,4,7-8,25H2. The van der Waals surface area contributed by atoms with Gasteiger partial charge in [0.05, 0.1) is 5.92 Å². The second-order valence-electron chi connectivity index (χ2n) is 6.64. The van der Waals surface area contributed by atoms with Crippen molar-refractivity contribution in [2.24, 2.45) is 5.73 Å². The van der Waals surface area contributed by atoms with E-state index in [9.17, 15) is 14.4 Å². The highest BCUT2D eigenvalue weighted by molar-refractivity contribution is 5.99. The Morgan fingerprint density at radius 2 is 1.96 bits per heavy atom. The van der Waals surface area contributed by atoms with Crippen LogP contribution in [-0.2, 0) is 9.53 Å². The van der Waals surface area contributed by atoms with Crippen LogP contribution in [0.1, 0.15) is 30.7 Å². The number of carbonyl (C=O) groups is 1. The zero-order valence-electron chi connectivity index (χ0n) is 14.9. The molecule has 140 valence electrons. The lowest BCUT2D eigenvalue weighted by atomic mass is 9.77. The summed E-state index contributed by atoms with van der Waals surface area (Å²) >= 11 is 0. The normalized spacial score (nSPS) is 19.0. The number of nitriles is 1. The lowest BCUT2D eigenvalue weighted by molar-refractivity contribution is -0.116. The zero-order valence-corrected chi connectivity index (χ0v) is 14.9. The highest BCUT2D eigenvalue weighted by Crippen LogP contribution is 2.44. The second kappa shape index (κ2) is 7.20. The number of hydrogen-bond acceptors (Lipinski definition) is 5. The van der Waals surface area contributed by atoms with Gasteiger partial charge in [0, 0.05) is 18.4 Å². The molecule has 2 N–H and O–H groups in total. The number of para-hydroxylation sites is 1. The number of Topliss-reactive ketones (excluding diaryl/α,β-unsaturated/α-hetero) is 1. The maximum atomic E-state index is 14.4. The van der Waals surface area contributed by atoms with Crippen molar-refractivity contribution in [3.8, 4) is 17.6 Å². The second-order valence-corrected chi connectivity index (χ2v) is 6.64. The van der Waals surface area contributed by atoms with E-state index in [-0.39, 0.29) is 23.0 Å². The number of halogens is 1. The Kier molecular flexibility index (Phi) is 4.58. The molecule has 28 heavy (non-hydrogen) atoms. The summed E-state index contributed by atoms with van der Waals surface area (Å²) in [5.74, 6) is -0.351. The van der Waals surface area contributed by atoms with E-state index in [1.165, 1.54) is 12.1 Å². The predicted octanol–water partition coefficient (Wildman–Crippen LogP) is 4.43. The highest BCUT2D eigenvalue weighted by atomic mass is 19.1.